The van der Waals surface area contributed by atoms with E-state index < -0.39 is 30.5 Å². The molecule has 0 radical (unpaired) electrons. The summed E-state index contributed by atoms with van der Waals surface area (Å²) in [5, 5.41) is 4.79. The van der Waals surface area contributed by atoms with Crippen molar-refractivity contribution < 1.29 is 31.9 Å². The van der Waals surface area contributed by atoms with Gasteiger partial charge in [0.2, 0.25) is 5.91 Å². The number of benzene rings is 1. The van der Waals surface area contributed by atoms with Crippen molar-refractivity contribution >= 4 is 17.6 Å². The van der Waals surface area contributed by atoms with E-state index in [1.165, 1.54) is 12.1 Å². The third-order valence-corrected chi connectivity index (χ3v) is 3.60. The van der Waals surface area contributed by atoms with Crippen LogP contribution in [0.1, 0.15) is 19.8 Å². The Morgan fingerprint density at radius 2 is 1.92 bits per heavy atom. The van der Waals surface area contributed by atoms with Crippen molar-refractivity contribution in [1.82, 2.24) is 10.2 Å². The number of nitrogens with zero attached hydrogens (tertiary/aromatic N) is 1. The zero-order valence-electron chi connectivity index (χ0n) is 13.3. The summed E-state index contributed by atoms with van der Waals surface area (Å²) in [6, 6.07) is 2.95. The fourth-order valence-corrected chi connectivity index (χ4v) is 2.44. The van der Waals surface area contributed by atoms with Crippen molar-refractivity contribution in [3.05, 3.63) is 24.3 Å². The lowest BCUT2D eigenvalue weighted by molar-refractivity contribution is -0.274. The molecule has 1 saturated heterocycles. The molecule has 0 aromatic heterocycles. The maximum atomic E-state index is 14.1. The number of amides is 3. The molecular formula is C15H17F4N3O3. The molecule has 1 aromatic carbocycles. The minimum absolute atomic E-state index is 0.172. The van der Waals surface area contributed by atoms with E-state index in [9.17, 15) is 27.2 Å². The third kappa shape index (κ3) is 5.23. The van der Waals surface area contributed by atoms with Gasteiger partial charge in [-0.05, 0) is 30.7 Å². The molecule has 1 aliphatic rings. The SMILES string of the molecule is CCC(=O)N1CC[C@H](NC(=O)Nc2ccc(OC(F)(F)F)cc2)[C@@H]1F. The summed E-state index contributed by atoms with van der Waals surface area (Å²) in [4.78, 5) is 24.5. The largest absolute Gasteiger partial charge is 0.573 e. The lowest BCUT2D eigenvalue weighted by Gasteiger charge is -2.21. The fraction of sp³-hybridized carbons (Fsp3) is 0.467. The number of rotatable bonds is 4. The highest BCUT2D eigenvalue weighted by Crippen LogP contribution is 2.24. The smallest absolute Gasteiger partial charge is 0.406 e. The lowest BCUT2D eigenvalue weighted by atomic mass is 10.2. The molecule has 1 fully saturated rings. The second kappa shape index (κ2) is 7.58. The predicted octanol–water partition coefficient (Wildman–Crippen LogP) is 3.01. The van der Waals surface area contributed by atoms with Crippen molar-refractivity contribution in [2.75, 3.05) is 11.9 Å². The van der Waals surface area contributed by atoms with Crippen molar-refractivity contribution in [3.63, 3.8) is 0 Å². The Morgan fingerprint density at radius 1 is 1.28 bits per heavy atom. The van der Waals surface area contributed by atoms with Crippen LogP contribution in [0, 0.1) is 0 Å². The molecule has 2 atom stereocenters. The number of hydrogen-bond acceptors (Lipinski definition) is 3. The molecule has 138 valence electrons. The summed E-state index contributed by atoms with van der Waals surface area (Å²) in [5.74, 6) is -0.760. The van der Waals surface area contributed by atoms with Gasteiger partial charge in [0.15, 0.2) is 6.30 Å². The number of carbonyl (C=O) groups is 2. The highest BCUT2D eigenvalue weighted by atomic mass is 19.4. The Morgan fingerprint density at radius 3 is 2.48 bits per heavy atom. The van der Waals surface area contributed by atoms with Crippen LogP contribution in [0.5, 0.6) is 5.75 Å². The first kappa shape index (κ1) is 18.8. The van der Waals surface area contributed by atoms with Crippen LogP contribution < -0.4 is 15.4 Å². The van der Waals surface area contributed by atoms with Gasteiger partial charge in [0.25, 0.3) is 0 Å². The van der Waals surface area contributed by atoms with Gasteiger partial charge in [-0.2, -0.15) is 0 Å². The molecular weight excluding hydrogens is 346 g/mol. The number of urea groups is 1. The first-order valence-corrected chi connectivity index (χ1v) is 7.56. The minimum Gasteiger partial charge on any atom is -0.406 e. The number of anilines is 1. The first-order valence-electron chi connectivity index (χ1n) is 7.56. The molecule has 1 aromatic rings. The van der Waals surface area contributed by atoms with Gasteiger partial charge in [0, 0.05) is 18.7 Å². The van der Waals surface area contributed by atoms with E-state index in [4.69, 9.17) is 0 Å². The molecule has 25 heavy (non-hydrogen) atoms. The predicted molar refractivity (Wildman–Crippen MR) is 80.6 cm³/mol. The Kier molecular flexibility index (Phi) is 5.70. The Balaban J connectivity index is 1.87. The number of alkyl halides is 4. The van der Waals surface area contributed by atoms with Gasteiger partial charge in [-0.3, -0.25) is 4.79 Å². The van der Waals surface area contributed by atoms with Crippen LogP contribution in [-0.4, -0.2) is 42.1 Å². The molecule has 2 N–H and O–H groups in total. The average molecular weight is 363 g/mol. The normalized spacial score (nSPS) is 20.3. The molecule has 10 heteroatoms. The van der Waals surface area contributed by atoms with E-state index in [1.807, 2.05) is 0 Å². The zero-order chi connectivity index (χ0) is 18.6. The van der Waals surface area contributed by atoms with Crippen LogP contribution in [0.25, 0.3) is 0 Å². The molecule has 3 amide bonds. The third-order valence-electron chi connectivity index (χ3n) is 3.60. The number of likely N-dealkylation sites (tertiary alicyclic amines) is 1. The van der Waals surface area contributed by atoms with Gasteiger partial charge in [0.05, 0.1) is 6.04 Å². The lowest BCUT2D eigenvalue weighted by Crippen LogP contribution is -2.45. The van der Waals surface area contributed by atoms with Gasteiger partial charge in [-0.1, -0.05) is 6.92 Å². The molecule has 0 bridgehead atoms. The van der Waals surface area contributed by atoms with Gasteiger partial charge in [0.1, 0.15) is 5.75 Å². The quantitative estimate of drug-likeness (QED) is 0.638. The topological polar surface area (TPSA) is 70.7 Å². The van der Waals surface area contributed by atoms with Crippen molar-refractivity contribution in [2.24, 2.45) is 0 Å². The molecule has 1 heterocycles. The van der Waals surface area contributed by atoms with E-state index in [0.717, 1.165) is 17.0 Å². The van der Waals surface area contributed by atoms with Gasteiger partial charge >= 0.3 is 12.4 Å². The highest BCUT2D eigenvalue weighted by Gasteiger charge is 2.37. The van der Waals surface area contributed by atoms with Crippen molar-refractivity contribution in [3.8, 4) is 5.75 Å². The van der Waals surface area contributed by atoms with E-state index >= 15 is 0 Å². The maximum Gasteiger partial charge on any atom is 0.573 e. The second-order valence-corrected chi connectivity index (χ2v) is 5.38. The Hall–Kier alpha value is -2.52. The van der Waals surface area contributed by atoms with Gasteiger partial charge < -0.3 is 20.3 Å². The summed E-state index contributed by atoms with van der Waals surface area (Å²) in [7, 11) is 0. The standard InChI is InChI=1S/C15H17F4N3O3/c1-2-12(23)22-8-7-11(13(22)16)21-14(24)20-9-3-5-10(6-4-9)25-15(17,18)19/h3-6,11,13H,2,7-8H2,1H3,(H2,20,21,24)/t11-,13+/m0/s1. The number of hydrogen-bond donors (Lipinski definition) is 2. The summed E-state index contributed by atoms with van der Waals surface area (Å²) < 4.78 is 54.0. The fourth-order valence-electron chi connectivity index (χ4n) is 2.44. The van der Waals surface area contributed by atoms with E-state index in [2.05, 4.69) is 15.4 Å². The molecule has 2 rings (SSSR count). The van der Waals surface area contributed by atoms with Crippen LogP contribution >= 0.6 is 0 Å². The zero-order valence-corrected chi connectivity index (χ0v) is 13.3. The van der Waals surface area contributed by atoms with Crippen molar-refractivity contribution in [2.45, 2.75) is 38.5 Å². The maximum absolute atomic E-state index is 14.1. The van der Waals surface area contributed by atoms with Gasteiger partial charge in [-0.25, -0.2) is 9.18 Å². The number of carbonyl (C=O) groups excluding carboxylic acids is 2. The molecule has 0 saturated carbocycles. The summed E-state index contributed by atoms with van der Waals surface area (Å²) in [5.41, 5.74) is 0.210. The summed E-state index contributed by atoms with van der Waals surface area (Å²) in [6.45, 7) is 1.83. The first-order chi connectivity index (χ1) is 11.7. The number of halogens is 4. The van der Waals surface area contributed by atoms with Crippen LogP contribution in [0.4, 0.5) is 28.0 Å². The molecule has 0 spiro atoms. The Bertz CT molecular complexity index is 621. The summed E-state index contributed by atoms with van der Waals surface area (Å²) >= 11 is 0. The number of nitrogens with one attached hydrogen (secondary N) is 2. The molecule has 0 aliphatic carbocycles. The monoisotopic (exact) mass is 363 g/mol. The van der Waals surface area contributed by atoms with Crippen LogP contribution in [0.15, 0.2) is 24.3 Å². The van der Waals surface area contributed by atoms with E-state index in [-0.39, 0.29) is 31.0 Å². The van der Waals surface area contributed by atoms with Crippen LogP contribution in [0.3, 0.4) is 0 Å². The second-order valence-electron chi connectivity index (χ2n) is 5.38. The highest BCUT2D eigenvalue weighted by molar-refractivity contribution is 5.89. The van der Waals surface area contributed by atoms with E-state index in [0.29, 0.717) is 0 Å². The van der Waals surface area contributed by atoms with Crippen molar-refractivity contribution in [1.29, 1.82) is 0 Å². The minimum atomic E-state index is -4.80. The van der Waals surface area contributed by atoms with Crippen LogP contribution in [0.2, 0.25) is 0 Å². The molecule has 6 nitrogen and oxygen atoms in total. The number of ether oxygens (including phenoxy) is 1. The Labute approximate surface area is 141 Å². The van der Waals surface area contributed by atoms with E-state index in [1.54, 1.807) is 6.92 Å². The molecule has 0 unspecified atom stereocenters. The van der Waals surface area contributed by atoms with Gasteiger partial charge in [-0.15, -0.1) is 13.2 Å². The van der Waals surface area contributed by atoms with Crippen LogP contribution in [-0.2, 0) is 4.79 Å². The average Bonchev–Trinajstić information content (AvgIpc) is 2.88. The summed E-state index contributed by atoms with van der Waals surface area (Å²) in [6.07, 6.45) is -5.96. The molecule has 1 aliphatic heterocycles.